The van der Waals surface area contributed by atoms with Crippen LogP contribution in [0.4, 0.5) is 5.69 Å². The molecule has 19 heavy (non-hydrogen) atoms. The minimum atomic E-state index is -0.992. The summed E-state index contributed by atoms with van der Waals surface area (Å²) in [6.45, 7) is -0.240. The Morgan fingerprint density at radius 3 is 2.53 bits per heavy atom. The van der Waals surface area contributed by atoms with Crippen LogP contribution in [-0.4, -0.2) is 21.6 Å². The van der Waals surface area contributed by atoms with Crippen LogP contribution < -0.4 is 5.32 Å². The Labute approximate surface area is 118 Å². The minimum Gasteiger partial charge on any atom is -0.480 e. The fourth-order valence-electron chi connectivity index (χ4n) is 1.63. The van der Waals surface area contributed by atoms with E-state index in [2.05, 4.69) is 21.2 Å². The number of aromatic nitrogens is 1. The highest BCUT2D eigenvalue weighted by atomic mass is 79.9. The first-order valence-electron chi connectivity index (χ1n) is 5.50. The van der Waals surface area contributed by atoms with Crippen molar-refractivity contribution in [2.45, 2.75) is 6.54 Å². The number of benzene rings is 1. The average Bonchev–Trinajstić information content (AvgIpc) is 2.79. The van der Waals surface area contributed by atoms with Crippen molar-refractivity contribution in [2.24, 2.45) is 0 Å². The van der Waals surface area contributed by atoms with Gasteiger partial charge in [0.05, 0.1) is 0 Å². The van der Waals surface area contributed by atoms with Crippen molar-refractivity contribution in [2.75, 3.05) is 5.32 Å². The predicted molar refractivity (Wildman–Crippen MR) is 74.2 cm³/mol. The third-order valence-electron chi connectivity index (χ3n) is 2.47. The number of carboxylic acid groups (broad SMARTS) is 1. The number of rotatable bonds is 4. The molecule has 0 saturated carbocycles. The Bertz CT molecular complexity index is 605. The van der Waals surface area contributed by atoms with Gasteiger partial charge >= 0.3 is 5.97 Å². The lowest BCUT2D eigenvalue weighted by atomic mass is 10.3. The third kappa shape index (κ3) is 3.45. The molecule has 1 amide bonds. The molecule has 0 bridgehead atoms. The zero-order valence-electron chi connectivity index (χ0n) is 9.84. The number of anilines is 1. The molecule has 2 aromatic rings. The molecule has 2 N–H and O–H groups in total. The second-order valence-electron chi connectivity index (χ2n) is 3.88. The average molecular weight is 323 g/mol. The van der Waals surface area contributed by atoms with Crippen molar-refractivity contribution in [3.63, 3.8) is 0 Å². The summed E-state index contributed by atoms with van der Waals surface area (Å²) in [6.07, 6.45) is 1.56. The second-order valence-corrected chi connectivity index (χ2v) is 4.79. The van der Waals surface area contributed by atoms with Gasteiger partial charge in [0.25, 0.3) is 5.91 Å². The zero-order valence-corrected chi connectivity index (χ0v) is 11.4. The Hall–Kier alpha value is -2.08. The largest absolute Gasteiger partial charge is 0.480 e. The number of carbonyl (C=O) groups is 2. The SMILES string of the molecule is O=C(O)Cn1cccc1C(=O)Nc1ccc(Br)cc1. The molecule has 0 aliphatic carbocycles. The molecule has 0 unspecified atom stereocenters. The van der Waals surface area contributed by atoms with Gasteiger partial charge in [-0.05, 0) is 36.4 Å². The van der Waals surface area contributed by atoms with Crippen molar-refractivity contribution in [3.05, 3.63) is 52.8 Å². The van der Waals surface area contributed by atoms with E-state index in [1.54, 1.807) is 30.5 Å². The van der Waals surface area contributed by atoms with Crippen molar-refractivity contribution < 1.29 is 14.7 Å². The van der Waals surface area contributed by atoms with E-state index in [0.29, 0.717) is 11.4 Å². The molecule has 0 atom stereocenters. The molecule has 1 heterocycles. The van der Waals surface area contributed by atoms with Gasteiger partial charge in [0.15, 0.2) is 0 Å². The minimum absolute atomic E-state index is 0.240. The smallest absolute Gasteiger partial charge is 0.323 e. The molecule has 1 aromatic carbocycles. The zero-order chi connectivity index (χ0) is 13.8. The Balaban J connectivity index is 2.14. The quantitative estimate of drug-likeness (QED) is 0.908. The molecule has 0 fully saturated rings. The molecule has 0 spiro atoms. The van der Waals surface area contributed by atoms with E-state index in [1.807, 2.05) is 12.1 Å². The highest BCUT2D eigenvalue weighted by Gasteiger charge is 2.12. The van der Waals surface area contributed by atoms with Crippen LogP contribution in [0.5, 0.6) is 0 Å². The highest BCUT2D eigenvalue weighted by molar-refractivity contribution is 9.10. The first-order chi connectivity index (χ1) is 9.06. The van der Waals surface area contributed by atoms with E-state index in [1.165, 1.54) is 4.57 Å². The first-order valence-corrected chi connectivity index (χ1v) is 6.29. The maximum atomic E-state index is 12.0. The van der Waals surface area contributed by atoms with Crippen molar-refractivity contribution in [1.82, 2.24) is 4.57 Å². The van der Waals surface area contributed by atoms with E-state index in [9.17, 15) is 9.59 Å². The first kappa shape index (κ1) is 13.4. The topological polar surface area (TPSA) is 71.3 Å². The lowest BCUT2D eigenvalue weighted by molar-refractivity contribution is -0.137. The predicted octanol–water partition coefficient (Wildman–Crippen LogP) is 2.59. The molecule has 1 aromatic heterocycles. The summed E-state index contributed by atoms with van der Waals surface area (Å²) in [5.74, 6) is -1.33. The summed E-state index contributed by atoms with van der Waals surface area (Å²) in [5, 5.41) is 11.5. The summed E-state index contributed by atoms with van der Waals surface area (Å²) in [4.78, 5) is 22.7. The Kier molecular flexibility index (Phi) is 4.01. The summed E-state index contributed by atoms with van der Waals surface area (Å²) in [5.41, 5.74) is 0.960. The summed E-state index contributed by atoms with van der Waals surface area (Å²) in [7, 11) is 0. The number of hydrogen-bond donors (Lipinski definition) is 2. The van der Waals surface area contributed by atoms with E-state index < -0.39 is 5.97 Å². The van der Waals surface area contributed by atoms with Gasteiger partial charge in [-0.2, -0.15) is 0 Å². The van der Waals surface area contributed by atoms with Gasteiger partial charge in [-0.3, -0.25) is 9.59 Å². The maximum Gasteiger partial charge on any atom is 0.323 e. The Morgan fingerprint density at radius 2 is 1.89 bits per heavy atom. The van der Waals surface area contributed by atoms with Gasteiger partial charge < -0.3 is 15.0 Å². The monoisotopic (exact) mass is 322 g/mol. The summed E-state index contributed by atoms with van der Waals surface area (Å²) >= 11 is 3.31. The standard InChI is InChI=1S/C13H11BrN2O3/c14-9-3-5-10(6-4-9)15-13(19)11-2-1-7-16(11)8-12(17)18/h1-7H,8H2,(H,15,19)(H,17,18). The molecule has 0 radical (unpaired) electrons. The van der Waals surface area contributed by atoms with Crippen LogP contribution in [0, 0.1) is 0 Å². The van der Waals surface area contributed by atoms with Crippen LogP contribution in [-0.2, 0) is 11.3 Å². The van der Waals surface area contributed by atoms with E-state index in [4.69, 9.17) is 5.11 Å². The fourth-order valence-corrected chi connectivity index (χ4v) is 1.90. The molecule has 0 aliphatic rings. The van der Waals surface area contributed by atoms with Crippen LogP contribution in [0.1, 0.15) is 10.5 Å². The molecule has 6 heteroatoms. The molecule has 2 rings (SSSR count). The van der Waals surface area contributed by atoms with Crippen molar-refractivity contribution in [3.8, 4) is 0 Å². The molecule has 5 nitrogen and oxygen atoms in total. The Morgan fingerprint density at radius 1 is 1.21 bits per heavy atom. The van der Waals surface area contributed by atoms with Gasteiger partial charge in [0.1, 0.15) is 12.2 Å². The van der Waals surface area contributed by atoms with Gasteiger partial charge in [0, 0.05) is 16.4 Å². The number of aliphatic carboxylic acids is 1. The number of nitrogens with zero attached hydrogens (tertiary/aromatic N) is 1. The summed E-state index contributed by atoms with van der Waals surface area (Å²) < 4.78 is 2.30. The number of carboxylic acids is 1. The molecule has 0 aliphatic heterocycles. The molecular formula is C13H11BrN2O3. The van der Waals surface area contributed by atoms with Crippen LogP contribution in [0.2, 0.25) is 0 Å². The van der Waals surface area contributed by atoms with Gasteiger partial charge in [-0.1, -0.05) is 15.9 Å². The van der Waals surface area contributed by atoms with Crippen molar-refractivity contribution >= 4 is 33.5 Å². The number of carbonyl (C=O) groups excluding carboxylic acids is 1. The maximum absolute atomic E-state index is 12.0. The van der Waals surface area contributed by atoms with Crippen LogP contribution in [0.25, 0.3) is 0 Å². The number of halogens is 1. The lowest BCUT2D eigenvalue weighted by Gasteiger charge is -2.08. The van der Waals surface area contributed by atoms with Crippen LogP contribution in [0.3, 0.4) is 0 Å². The van der Waals surface area contributed by atoms with Gasteiger partial charge in [-0.15, -0.1) is 0 Å². The van der Waals surface area contributed by atoms with Gasteiger partial charge in [0.2, 0.25) is 0 Å². The second kappa shape index (κ2) is 5.71. The fraction of sp³-hybridized carbons (Fsp3) is 0.0769. The number of hydrogen-bond acceptors (Lipinski definition) is 2. The number of nitrogens with one attached hydrogen (secondary N) is 1. The van der Waals surface area contributed by atoms with Gasteiger partial charge in [-0.25, -0.2) is 0 Å². The molecule has 98 valence electrons. The highest BCUT2D eigenvalue weighted by Crippen LogP contribution is 2.15. The normalized spacial score (nSPS) is 10.2. The lowest BCUT2D eigenvalue weighted by Crippen LogP contribution is -2.19. The van der Waals surface area contributed by atoms with Crippen LogP contribution in [0.15, 0.2) is 47.1 Å². The van der Waals surface area contributed by atoms with Crippen LogP contribution >= 0.6 is 15.9 Å². The molecular weight excluding hydrogens is 312 g/mol. The van der Waals surface area contributed by atoms with E-state index in [0.717, 1.165) is 4.47 Å². The molecule has 0 saturated heterocycles. The van der Waals surface area contributed by atoms with E-state index >= 15 is 0 Å². The van der Waals surface area contributed by atoms with E-state index in [-0.39, 0.29) is 12.5 Å². The third-order valence-corrected chi connectivity index (χ3v) is 3.00. The van der Waals surface area contributed by atoms with Crippen molar-refractivity contribution in [1.29, 1.82) is 0 Å². The summed E-state index contributed by atoms with van der Waals surface area (Å²) in [6, 6.07) is 10.4. The number of amides is 1.